The van der Waals surface area contributed by atoms with Crippen molar-refractivity contribution in [1.29, 1.82) is 0 Å². The summed E-state index contributed by atoms with van der Waals surface area (Å²) in [6.07, 6.45) is 5.07. The summed E-state index contributed by atoms with van der Waals surface area (Å²) in [5.41, 5.74) is 1.27. The van der Waals surface area contributed by atoms with Gasteiger partial charge in [-0.25, -0.2) is 4.98 Å². The molecule has 0 radical (unpaired) electrons. The van der Waals surface area contributed by atoms with E-state index in [1.165, 1.54) is 17.9 Å². The third-order valence-electron chi connectivity index (χ3n) is 2.39. The maximum atomic E-state index is 4.13. The molecule has 1 fully saturated rings. The number of rotatable bonds is 1. The van der Waals surface area contributed by atoms with Crippen LogP contribution in [0, 0.1) is 0 Å². The largest absolute Gasteiger partial charge is 0.336 e. The molecular formula is C9H15N3S. The molecule has 2 rings (SSSR count). The molecule has 2 atom stereocenters. The number of hydrogen-bond donors (Lipinski definition) is 1. The fourth-order valence-corrected chi connectivity index (χ4v) is 3.00. The van der Waals surface area contributed by atoms with Gasteiger partial charge in [0.15, 0.2) is 0 Å². The van der Waals surface area contributed by atoms with Crippen molar-refractivity contribution in [1.82, 2.24) is 14.9 Å². The maximum Gasteiger partial charge on any atom is 0.0959 e. The molecule has 0 bridgehead atoms. The van der Waals surface area contributed by atoms with Gasteiger partial charge in [-0.1, -0.05) is 0 Å². The minimum absolute atomic E-state index is 0.427. The second-order valence-corrected chi connectivity index (χ2v) is 4.75. The summed E-state index contributed by atoms with van der Waals surface area (Å²) >= 11 is 1.97. The van der Waals surface area contributed by atoms with Gasteiger partial charge >= 0.3 is 0 Å². The summed E-state index contributed by atoms with van der Waals surface area (Å²) in [5, 5.41) is 3.99. The number of aryl methyl sites for hydroxylation is 1. The van der Waals surface area contributed by atoms with Gasteiger partial charge in [-0.05, 0) is 19.1 Å². The number of nitrogens with one attached hydrogen (secondary N) is 1. The SMILES string of the molecule is CC1CCSC(c2cncn2C)N1. The highest BCUT2D eigenvalue weighted by atomic mass is 32.2. The van der Waals surface area contributed by atoms with Crippen molar-refractivity contribution < 1.29 is 0 Å². The first-order valence-electron chi connectivity index (χ1n) is 4.61. The first-order chi connectivity index (χ1) is 6.27. The molecule has 0 aliphatic carbocycles. The van der Waals surface area contributed by atoms with Crippen LogP contribution in [-0.2, 0) is 7.05 Å². The molecule has 0 spiro atoms. The first kappa shape index (κ1) is 9.09. The second kappa shape index (κ2) is 3.72. The fraction of sp³-hybridized carbons (Fsp3) is 0.667. The molecule has 3 nitrogen and oxygen atoms in total. The molecular weight excluding hydrogens is 182 g/mol. The molecule has 72 valence electrons. The van der Waals surface area contributed by atoms with Crippen LogP contribution in [0.25, 0.3) is 0 Å². The Morgan fingerprint density at radius 3 is 3.15 bits per heavy atom. The molecule has 1 saturated heterocycles. The normalized spacial score (nSPS) is 29.1. The summed E-state index contributed by atoms with van der Waals surface area (Å²) in [5.74, 6) is 1.24. The average molecular weight is 197 g/mol. The molecule has 1 aliphatic rings. The predicted molar refractivity (Wildman–Crippen MR) is 55.6 cm³/mol. The Hall–Kier alpha value is -0.480. The van der Waals surface area contributed by atoms with Crippen molar-refractivity contribution in [2.24, 2.45) is 7.05 Å². The molecule has 2 heterocycles. The van der Waals surface area contributed by atoms with E-state index in [-0.39, 0.29) is 0 Å². The molecule has 0 saturated carbocycles. The van der Waals surface area contributed by atoms with Gasteiger partial charge in [0.2, 0.25) is 0 Å². The molecule has 4 heteroatoms. The minimum Gasteiger partial charge on any atom is -0.336 e. The summed E-state index contributed by atoms with van der Waals surface area (Å²) < 4.78 is 2.09. The third kappa shape index (κ3) is 1.89. The first-order valence-corrected chi connectivity index (χ1v) is 5.66. The van der Waals surface area contributed by atoms with Crippen LogP contribution in [0.1, 0.15) is 24.4 Å². The van der Waals surface area contributed by atoms with Crippen LogP contribution < -0.4 is 5.32 Å². The Bertz CT molecular complexity index is 284. The Morgan fingerprint density at radius 1 is 1.69 bits per heavy atom. The fourth-order valence-electron chi connectivity index (χ4n) is 1.54. The van der Waals surface area contributed by atoms with E-state index in [0.29, 0.717) is 11.4 Å². The Morgan fingerprint density at radius 2 is 2.54 bits per heavy atom. The van der Waals surface area contributed by atoms with Gasteiger partial charge < -0.3 is 4.57 Å². The smallest absolute Gasteiger partial charge is 0.0959 e. The lowest BCUT2D eigenvalue weighted by atomic mass is 10.2. The lowest BCUT2D eigenvalue weighted by Gasteiger charge is -2.28. The Labute approximate surface area is 82.9 Å². The van der Waals surface area contributed by atoms with Crippen LogP contribution in [0.3, 0.4) is 0 Å². The lowest BCUT2D eigenvalue weighted by Crippen LogP contribution is -2.34. The van der Waals surface area contributed by atoms with Gasteiger partial charge in [-0.2, -0.15) is 0 Å². The van der Waals surface area contributed by atoms with Crippen molar-refractivity contribution in [3.8, 4) is 0 Å². The molecule has 0 amide bonds. The van der Waals surface area contributed by atoms with E-state index in [2.05, 4.69) is 21.8 Å². The van der Waals surface area contributed by atoms with Gasteiger partial charge in [0.05, 0.1) is 23.6 Å². The standard InChI is InChI=1S/C9H15N3S/c1-7-3-4-13-9(11-7)8-5-10-6-12(8)2/h5-7,9,11H,3-4H2,1-2H3. The molecule has 2 unspecified atom stereocenters. The molecule has 1 N–H and O–H groups in total. The monoisotopic (exact) mass is 197 g/mol. The summed E-state index contributed by atoms with van der Waals surface area (Å²) in [6, 6.07) is 0.626. The zero-order valence-corrected chi connectivity index (χ0v) is 8.84. The Kier molecular flexibility index (Phi) is 2.60. The summed E-state index contributed by atoms with van der Waals surface area (Å²) in [4.78, 5) is 4.13. The van der Waals surface area contributed by atoms with Crippen LogP contribution in [0.15, 0.2) is 12.5 Å². The number of aromatic nitrogens is 2. The zero-order chi connectivity index (χ0) is 9.26. The van der Waals surface area contributed by atoms with Crippen LogP contribution >= 0.6 is 11.8 Å². The topological polar surface area (TPSA) is 29.9 Å². The van der Waals surface area contributed by atoms with Crippen molar-refractivity contribution in [3.05, 3.63) is 18.2 Å². The second-order valence-electron chi connectivity index (χ2n) is 3.54. The van der Waals surface area contributed by atoms with E-state index in [1.54, 1.807) is 0 Å². The highest BCUT2D eigenvalue weighted by molar-refractivity contribution is 7.99. The van der Waals surface area contributed by atoms with Gasteiger partial charge in [-0.3, -0.25) is 5.32 Å². The quantitative estimate of drug-likeness (QED) is 0.740. The minimum atomic E-state index is 0.427. The molecule has 13 heavy (non-hydrogen) atoms. The molecule has 1 aromatic rings. The van der Waals surface area contributed by atoms with Gasteiger partial charge in [-0.15, -0.1) is 11.8 Å². The van der Waals surface area contributed by atoms with Gasteiger partial charge in [0.1, 0.15) is 0 Å². The summed E-state index contributed by atoms with van der Waals surface area (Å²) in [6.45, 7) is 2.24. The average Bonchev–Trinajstić information content (AvgIpc) is 2.51. The molecule has 1 aliphatic heterocycles. The van der Waals surface area contributed by atoms with E-state index in [1.807, 2.05) is 31.3 Å². The van der Waals surface area contributed by atoms with Crippen molar-refractivity contribution in [2.45, 2.75) is 24.8 Å². The lowest BCUT2D eigenvalue weighted by molar-refractivity contribution is 0.500. The predicted octanol–water partition coefficient (Wildman–Crippen LogP) is 1.53. The van der Waals surface area contributed by atoms with Gasteiger partial charge in [0, 0.05) is 13.1 Å². The van der Waals surface area contributed by atoms with E-state index in [9.17, 15) is 0 Å². The van der Waals surface area contributed by atoms with Crippen LogP contribution in [-0.4, -0.2) is 21.3 Å². The van der Waals surface area contributed by atoms with Crippen LogP contribution in [0.4, 0.5) is 0 Å². The van der Waals surface area contributed by atoms with Crippen molar-refractivity contribution in [3.63, 3.8) is 0 Å². The zero-order valence-electron chi connectivity index (χ0n) is 8.03. The number of thioether (sulfide) groups is 1. The van der Waals surface area contributed by atoms with E-state index >= 15 is 0 Å². The molecule has 1 aromatic heterocycles. The maximum absolute atomic E-state index is 4.13. The number of imidazole rings is 1. The highest BCUT2D eigenvalue weighted by Crippen LogP contribution is 2.30. The van der Waals surface area contributed by atoms with Crippen LogP contribution in [0.2, 0.25) is 0 Å². The van der Waals surface area contributed by atoms with Crippen LogP contribution in [0.5, 0.6) is 0 Å². The Balaban J connectivity index is 2.12. The highest BCUT2D eigenvalue weighted by Gasteiger charge is 2.21. The molecule has 0 aromatic carbocycles. The van der Waals surface area contributed by atoms with Gasteiger partial charge in [0.25, 0.3) is 0 Å². The van der Waals surface area contributed by atoms with E-state index < -0.39 is 0 Å². The van der Waals surface area contributed by atoms with E-state index in [0.717, 1.165) is 0 Å². The van der Waals surface area contributed by atoms with Crippen molar-refractivity contribution >= 4 is 11.8 Å². The third-order valence-corrected chi connectivity index (χ3v) is 3.58. The van der Waals surface area contributed by atoms with Crippen molar-refractivity contribution in [2.75, 3.05) is 5.75 Å². The number of hydrogen-bond acceptors (Lipinski definition) is 3. The summed E-state index contributed by atoms with van der Waals surface area (Å²) in [7, 11) is 2.05. The van der Waals surface area contributed by atoms with E-state index in [4.69, 9.17) is 0 Å². The number of nitrogens with zero attached hydrogens (tertiary/aromatic N) is 2.